The smallest absolute Gasteiger partial charge is 0.311 e. The first-order chi connectivity index (χ1) is 12.4. The third-order valence-electron chi connectivity index (χ3n) is 4.81. The molecule has 1 heterocycles. The van der Waals surface area contributed by atoms with E-state index in [2.05, 4.69) is 11.8 Å². The van der Waals surface area contributed by atoms with Gasteiger partial charge in [0, 0.05) is 19.2 Å². The molecule has 138 valence electrons. The van der Waals surface area contributed by atoms with Crippen LogP contribution in [-0.4, -0.2) is 29.5 Å². The van der Waals surface area contributed by atoms with Crippen LogP contribution in [0, 0.1) is 15.5 Å². The highest BCUT2D eigenvalue weighted by Gasteiger charge is 2.32. The molecule has 0 spiro atoms. The molecule has 1 saturated heterocycles. The van der Waals surface area contributed by atoms with Crippen LogP contribution in [0.5, 0.6) is 11.5 Å². The largest absolute Gasteiger partial charge is 0.449 e. The maximum atomic E-state index is 11.5. The summed E-state index contributed by atoms with van der Waals surface area (Å²) < 4.78 is 5.67. The molecule has 0 amide bonds. The Morgan fingerprint density at radius 3 is 2.73 bits per heavy atom. The highest BCUT2D eigenvalue weighted by Crippen LogP contribution is 2.36. The third-order valence-corrected chi connectivity index (χ3v) is 5.12. The minimum atomic E-state index is -0.427. The van der Waals surface area contributed by atoms with Gasteiger partial charge in [0.05, 0.1) is 9.95 Å². The van der Waals surface area contributed by atoms with Gasteiger partial charge in [0.25, 0.3) is 0 Å². The Hall–Kier alpha value is -2.15. The number of nitrogens with two attached hydrogens (primary N) is 1. The van der Waals surface area contributed by atoms with Gasteiger partial charge < -0.3 is 10.5 Å². The minimum absolute atomic E-state index is 0.0665. The van der Waals surface area contributed by atoms with E-state index in [0.29, 0.717) is 23.9 Å². The lowest BCUT2D eigenvalue weighted by molar-refractivity contribution is -0.385. The number of hydrogen-bond donors (Lipinski definition) is 1. The molecular weight excluding hydrogens is 354 g/mol. The van der Waals surface area contributed by atoms with Crippen LogP contribution >= 0.6 is 11.6 Å². The summed E-state index contributed by atoms with van der Waals surface area (Å²) in [5, 5.41) is 11.9. The van der Waals surface area contributed by atoms with Gasteiger partial charge in [0.2, 0.25) is 5.75 Å². The molecule has 6 nitrogen and oxygen atoms in total. The Kier molecular flexibility index (Phi) is 5.46. The zero-order valence-electron chi connectivity index (χ0n) is 14.7. The van der Waals surface area contributed by atoms with Crippen molar-refractivity contribution in [1.82, 2.24) is 4.90 Å². The second-order valence-electron chi connectivity index (χ2n) is 7.07. The Morgan fingerprint density at radius 2 is 2.08 bits per heavy atom. The standard InChI is InChI=1S/C19H22ClN3O3/c1-19(12-21)8-9-22(13-19)11-14-6-7-18(16(10-14)23(24)25)26-17-5-3-2-4-15(17)20/h2-7,10H,8-9,11-13,21H2,1H3. The number of nitrogens with zero attached hydrogens (tertiary/aromatic N) is 2. The summed E-state index contributed by atoms with van der Waals surface area (Å²) in [5.41, 5.74) is 6.79. The van der Waals surface area contributed by atoms with Crippen LogP contribution in [-0.2, 0) is 6.54 Å². The van der Waals surface area contributed by atoms with Crippen molar-refractivity contribution in [2.75, 3.05) is 19.6 Å². The molecule has 1 aliphatic rings. The molecule has 2 aromatic rings. The van der Waals surface area contributed by atoms with Crippen molar-refractivity contribution in [3.63, 3.8) is 0 Å². The Morgan fingerprint density at radius 1 is 1.31 bits per heavy atom. The molecule has 7 heteroatoms. The maximum Gasteiger partial charge on any atom is 0.311 e. The van der Waals surface area contributed by atoms with Gasteiger partial charge in [-0.25, -0.2) is 0 Å². The molecule has 1 atom stereocenters. The van der Waals surface area contributed by atoms with Crippen molar-refractivity contribution < 1.29 is 9.66 Å². The number of nitro groups is 1. The third kappa shape index (κ3) is 4.15. The minimum Gasteiger partial charge on any atom is -0.449 e. The first-order valence-electron chi connectivity index (χ1n) is 8.52. The van der Waals surface area contributed by atoms with Crippen molar-refractivity contribution in [2.24, 2.45) is 11.1 Å². The Balaban J connectivity index is 1.79. The van der Waals surface area contributed by atoms with Crippen LogP contribution < -0.4 is 10.5 Å². The van der Waals surface area contributed by atoms with Crippen LogP contribution in [0.3, 0.4) is 0 Å². The predicted octanol–water partition coefficient (Wildman–Crippen LogP) is 4.21. The van der Waals surface area contributed by atoms with Gasteiger partial charge in [0.15, 0.2) is 0 Å². The van der Waals surface area contributed by atoms with Crippen molar-refractivity contribution in [2.45, 2.75) is 19.9 Å². The number of likely N-dealkylation sites (tertiary alicyclic amines) is 1. The molecule has 2 aromatic carbocycles. The summed E-state index contributed by atoms with van der Waals surface area (Å²) in [6.45, 7) is 5.32. The summed E-state index contributed by atoms with van der Waals surface area (Å²) in [4.78, 5) is 13.3. The summed E-state index contributed by atoms with van der Waals surface area (Å²) >= 11 is 6.08. The van der Waals surface area contributed by atoms with Crippen molar-refractivity contribution >= 4 is 17.3 Å². The van der Waals surface area contributed by atoms with E-state index in [9.17, 15) is 10.1 Å². The van der Waals surface area contributed by atoms with Gasteiger partial charge in [-0.05, 0) is 48.7 Å². The number of halogens is 1. The number of ether oxygens (including phenoxy) is 1. The van der Waals surface area contributed by atoms with E-state index in [4.69, 9.17) is 22.1 Å². The van der Waals surface area contributed by atoms with E-state index in [-0.39, 0.29) is 16.9 Å². The second-order valence-corrected chi connectivity index (χ2v) is 7.47. The zero-order valence-corrected chi connectivity index (χ0v) is 15.4. The molecule has 0 radical (unpaired) electrons. The fourth-order valence-electron chi connectivity index (χ4n) is 3.22. The van der Waals surface area contributed by atoms with Crippen molar-refractivity contribution in [1.29, 1.82) is 0 Å². The predicted molar refractivity (Wildman–Crippen MR) is 102 cm³/mol. The molecular formula is C19H22ClN3O3. The molecule has 2 N–H and O–H groups in total. The molecule has 0 saturated carbocycles. The van der Waals surface area contributed by atoms with Gasteiger partial charge in [-0.15, -0.1) is 0 Å². The summed E-state index contributed by atoms with van der Waals surface area (Å²) in [6.07, 6.45) is 1.04. The number of benzene rings is 2. The highest BCUT2D eigenvalue weighted by molar-refractivity contribution is 6.32. The topological polar surface area (TPSA) is 81.6 Å². The Bertz CT molecular complexity index is 814. The molecule has 0 aliphatic carbocycles. The van der Waals surface area contributed by atoms with Gasteiger partial charge in [0.1, 0.15) is 5.75 Å². The molecule has 1 aliphatic heterocycles. The number of nitro benzene ring substituents is 1. The van der Waals surface area contributed by atoms with E-state index in [1.165, 1.54) is 0 Å². The Labute approximate surface area is 157 Å². The SMILES string of the molecule is CC1(CN)CCN(Cc2ccc(Oc3ccccc3Cl)c([N+](=O)[O-])c2)C1. The maximum absolute atomic E-state index is 11.5. The number of hydrogen-bond acceptors (Lipinski definition) is 5. The first-order valence-corrected chi connectivity index (χ1v) is 8.90. The first kappa shape index (κ1) is 18.6. The van der Waals surface area contributed by atoms with Crippen molar-refractivity contribution in [3.05, 3.63) is 63.2 Å². The average molecular weight is 376 g/mol. The lowest BCUT2D eigenvalue weighted by Crippen LogP contribution is -2.31. The van der Waals surface area contributed by atoms with Crippen LogP contribution in [0.2, 0.25) is 5.02 Å². The fraction of sp³-hybridized carbons (Fsp3) is 0.368. The van der Waals surface area contributed by atoms with E-state index in [1.54, 1.807) is 36.4 Å². The molecule has 26 heavy (non-hydrogen) atoms. The lowest BCUT2D eigenvalue weighted by Gasteiger charge is -2.22. The molecule has 0 bridgehead atoms. The van der Waals surface area contributed by atoms with E-state index < -0.39 is 4.92 Å². The van der Waals surface area contributed by atoms with Crippen LogP contribution in [0.1, 0.15) is 18.9 Å². The zero-order chi connectivity index (χ0) is 18.7. The second kappa shape index (κ2) is 7.61. The van der Waals surface area contributed by atoms with Crippen LogP contribution in [0.25, 0.3) is 0 Å². The molecule has 1 unspecified atom stereocenters. The number of para-hydroxylation sites is 1. The lowest BCUT2D eigenvalue weighted by atomic mass is 9.90. The van der Waals surface area contributed by atoms with Crippen LogP contribution in [0.15, 0.2) is 42.5 Å². The highest BCUT2D eigenvalue weighted by atomic mass is 35.5. The molecule has 0 aromatic heterocycles. The summed E-state index contributed by atoms with van der Waals surface area (Å²) in [7, 11) is 0. The summed E-state index contributed by atoms with van der Waals surface area (Å²) in [6, 6.07) is 12.0. The molecule has 1 fully saturated rings. The average Bonchev–Trinajstić information content (AvgIpc) is 2.99. The normalized spacial score (nSPS) is 20.3. The van der Waals surface area contributed by atoms with E-state index in [0.717, 1.165) is 25.1 Å². The molecule has 3 rings (SSSR count). The quantitative estimate of drug-likeness (QED) is 0.604. The number of rotatable bonds is 6. The van der Waals surface area contributed by atoms with Gasteiger partial charge >= 0.3 is 5.69 Å². The van der Waals surface area contributed by atoms with Gasteiger partial charge in [-0.2, -0.15) is 0 Å². The van der Waals surface area contributed by atoms with E-state index >= 15 is 0 Å². The fourth-order valence-corrected chi connectivity index (χ4v) is 3.40. The van der Waals surface area contributed by atoms with Crippen molar-refractivity contribution in [3.8, 4) is 11.5 Å². The summed E-state index contributed by atoms with van der Waals surface area (Å²) in [5.74, 6) is 0.573. The van der Waals surface area contributed by atoms with E-state index in [1.807, 2.05) is 6.07 Å². The van der Waals surface area contributed by atoms with Gasteiger partial charge in [-0.1, -0.05) is 36.7 Å². The van der Waals surface area contributed by atoms with Crippen LogP contribution in [0.4, 0.5) is 5.69 Å². The monoisotopic (exact) mass is 375 g/mol. The van der Waals surface area contributed by atoms with Gasteiger partial charge in [-0.3, -0.25) is 15.0 Å².